The first-order chi connectivity index (χ1) is 9.06. The Labute approximate surface area is 107 Å². The van der Waals surface area contributed by atoms with E-state index in [0.717, 1.165) is 6.07 Å². The molecule has 8 heteroatoms. The molecule has 0 atom stereocenters. The maximum absolute atomic E-state index is 10.9. The van der Waals surface area contributed by atoms with Crippen LogP contribution >= 0.6 is 0 Å². The average Bonchev–Trinajstić information content (AvgIpc) is 2.38. The molecule has 98 valence electrons. The summed E-state index contributed by atoms with van der Waals surface area (Å²) >= 11 is 0. The molecule has 0 spiro atoms. The molecule has 0 saturated heterocycles. The lowest BCUT2D eigenvalue weighted by molar-refractivity contribution is -0.385. The number of nitro benzene ring substituents is 1. The maximum atomic E-state index is 10.9. The molecule has 0 saturated carbocycles. The molecule has 0 aromatic heterocycles. The van der Waals surface area contributed by atoms with Crippen LogP contribution in [-0.2, 0) is 0 Å². The van der Waals surface area contributed by atoms with Crippen molar-refractivity contribution >= 4 is 17.7 Å². The Kier molecular flexibility index (Phi) is 5.06. The summed E-state index contributed by atoms with van der Waals surface area (Å²) in [6.45, 7) is 0.297. The summed E-state index contributed by atoms with van der Waals surface area (Å²) in [4.78, 5) is 23.4. The Morgan fingerprint density at radius 2 is 2.32 bits per heavy atom. The first-order valence-corrected chi connectivity index (χ1v) is 5.25. The second kappa shape index (κ2) is 6.77. The summed E-state index contributed by atoms with van der Waals surface area (Å²) in [5.41, 5.74) is 7.79. The van der Waals surface area contributed by atoms with E-state index >= 15 is 0 Å². The van der Waals surface area contributed by atoms with Gasteiger partial charge in [0.25, 0.3) is 5.69 Å². The van der Waals surface area contributed by atoms with Gasteiger partial charge in [-0.25, -0.2) is 4.79 Å². The fourth-order valence-corrected chi connectivity index (χ4v) is 1.38. The monoisotopic (exact) mass is 262 g/mol. The largest absolute Gasteiger partial charge is 0.477 e. The zero-order chi connectivity index (χ0) is 14.3. The van der Waals surface area contributed by atoms with Gasteiger partial charge < -0.3 is 5.11 Å². The average molecular weight is 262 g/mol. The number of carboxylic acids is 1. The first kappa shape index (κ1) is 14.2. The Morgan fingerprint density at radius 1 is 1.58 bits per heavy atom. The SMILES string of the molecule is [N-]=[N+]=NCCC=Cc1ccc([N+](=O)[O-])c(C(=O)O)c1. The molecule has 0 amide bonds. The summed E-state index contributed by atoms with van der Waals surface area (Å²) in [5.74, 6) is -1.35. The van der Waals surface area contributed by atoms with Gasteiger partial charge in [0.05, 0.1) is 4.92 Å². The van der Waals surface area contributed by atoms with Gasteiger partial charge in [-0.1, -0.05) is 17.3 Å². The van der Waals surface area contributed by atoms with Crippen molar-refractivity contribution in [2.45, 2.75) is 6.42 Å². The number of hydrogen-bond acceptors (Lipinski definition) is 4. The number of azide groups is 1. The highest BCUT2D eigenvalue weighted by atomic mass is 16.6. The molecule has 0 heterocycles. The number of hydrogen-bond donors (Lipinski definition) is 1. The summed E-state index contributed by atoms with van der Waals surface area (Å²) in [6, 6.07) is 3.83. The number of rotatable bonds is 6. The third kappa shape index (κ3) is 4.14. The Bertz CT molecular complexity index is 576. The molecular weight excluding hydrogens is 252 g/mol. The van der Waals surface area contributed by atoms with Crippen molar-refractivity contribution in [1.29, 1.82) is 0 Å². The molecule has 0 aliphatic carbocycles. The van der Waals surface area contributed by atoms with E-state index in [1.54, 1.807) is 12.2 Å². The molecule has 0 aliphatic heterocycles. The van der Waals surface area contributed by atoms with E-state index in [4.69, 9.17) is 10.6 Å². The quantitative estimate of drug-likeness (QED) is 0.211. The predicted octanol–water partition coefficient (Wildman–Crippen LogP) is 3.01. The van der Waals surface area contributed by atoms with E-state index in [1.807, 2.05) is 0 Å². The fourth-order valence-electron chi connectivity index (χ4n) is 1.38. The number of nitrogens with zero attached hydrogens (tertiary/aromatic N) is 4. The minimum absolute atomic E-state index is 0.297. The topological polar surface area (TPSA) is 129 Å². The summed E-state index contributed by atoms with van der Waals surface area (Å²) in [6.07, 6.45) is 3.81. The molecule has 0 bridgehead atoms. The number of benzene rings is 1. The van der Waals surface area contributed by atoms with Crippen LogP contribution in [0.15, 0.2) is 29.4 Å². The van der Waals surface area contributed by atoms with Gasteiger partial charge in [-0.05, 0) is 29.6 Å². The smallest absolute Gasteiger partial charge is 0.342 e. The highest BCUT2D eigenvalue weighted by molar-refractivity contribution is 5.93. The van der Waals surface area contributed by atoms with Gasteiger partial charge in [-0.15, -0.1) is 0 Å². The highest BCUT2D eigenvalue weighted by Gasteiger charge is 2.19. The summed E-state index contributed by atoms with van der Waals surface area (Å²) < 4.78 is 0. The third-order valence-corrected chi connectivity index (χ3v) is 2.22. The Hall–Kier alpha value is -2.86. The van der Waals surface area contributed by atoms with Crippen molar-refractivity contribution in [2.75, 3.05) is 6.54 Å². The number of carboxylic acid groups (broad SMARTS) is 1. The van der Waals surface area contributed by atoms with Gasteiger partial charge in [-0.3, -0.25) is 10.1 Å². The molecule has 0 fully saturated rings. The molecule has 0 aliphatic rings. The lowest BCUT2D eigenvalue weighted by atomic mass is 10.1. The molecule has 8 nitrogen and oxygen atoms in total. The number of nitro groups is 1. The maximum Gasteiger partial charge on any atom is 0.342 e. The fraction of sp³-hybridized carbons (Fsp3) is 0.182. The van der Waals surface area contributed by atoms with E-state index in [2.05, 4.69) is 10.0 Å². The lowest BCUT2D eigenvalue weighted by Gasteiger charge is -1.99. The molecule has 1 aromatic rings. The lowest BCUT2D eigenvalue weighted by Crippen LogP contribution is -2.02. The van der Waals surface area contributed by atoms with Crippen LogP contribution < -0.4 is 0 Å². The van der Waals surface area contributed by atoms with Gasteiger partial charge in [0.1, 0.15) is 5.56 Å². The van der Waals surface area contributed by atoms with Crippen LogP contribution in [0, 0.1) is 10.1 Å². The Balaban J connectivity index is 2.93. The van der Waals surface area contributed by atoms with Crippen molar-refractivity contribution in [3.63, 3.8) is 0 Å². The van der Waals surface area contributed by atoms with Crippen LogP contribution in [0.5, 0.6) is 0 Å². The van der Waals surface area contributed by atoms with Gasteiger partial charge in [0.15, 0.2) is 0 Å². The van der Waals surface area contributed by atoms with Crippen molar-refractivity contribution in [2.24, 2.45) is 5.11 Å². The molecule has 0 radical (unpaired) electrons. The summed E-state index contributed by atoms with van der Waals surface area (Å²) in [7, 11) is 0. The molecule has 1 N–H and O–H groups in total. The van der Waals surface area contributed by atoms with Gasteiger partial charge >= 0.3 is 5.97 Å². The van der Waals surface area contributed by atoms with Crippen LogP contribution in [0.1, 0.15) is 22.3 Å². The van der Waals surface area contributed by atoms with Crippen molar-refractivity contribution < 1.29 is 14.8 Å². The normalized spacial score (nSPS) is 10.1. The number of carbonyl (C=O) groups is 1. The molecule has 1 rings (SSSR count). The van der Waals surface area contributed by atoms with E-state index in [0.29, 0.717) is 18.5 Å². The van der Waals surface area contributed by atoms with Crippen LogP contribution in [0.4, 0.5) is 5.69 Å². The third-order valence-electron chi connectivity index (χ3n) is 2.22. The van der Waals surface area contributed by atoms with E-state index in [1.165, 1.54) is 12.1 Å². The van der Waals surface area contributed by atoms with Gasteiger partial charge in [-0.2, -0.15) is 0 Å². The van der Waals surface area contributed by atoms with Gasteiger partial charge in [0, 0.05) is 17.5 Å². The molecule has 0 unspecified atom stereocenters. The molecule has 1 aromatic carbocycles. The first-order valence-electron chi connectivity index (χ1n) is 5.25. The summed E-state index contributed by atoms with van der Waals surface area (Å²) in [5, 5.41) is 22.9. The van der Waals surface area contributed by atoms with E-state index in [9.17, 15) is 14.9 Å². The molecular formula is C11H10N4O4. The van der Waals surface area contributed by atoms with Crippen molar-refractivity contribution in [3.8, 4) is 0 Å². The zero-order valence-corrected chi connectivity index (χ0v) is 9.76. The van der Waals surface area contributed by atoms with Crippen molar-refractivity contribution in [3.05, 3.63) is 56.0 Å². The van der Waals surface area contributed by atoms with Crippen LogP contribution in [0.25, 0.3) is 16.5 Å². The predicted molar refractivity (Wildman–Crippen MR) is 67.7 cm³/mol. The van der Waals surface area contributed by atoms with E-state index < -0.39 is 16.6 Å². The number of aromatic carboxylic acids is 1. The van der Waals surface area contributed by atoms with Crippen LogP contribution in [0.3, 0.4) is 0 Å². The molecule has 19 heavy (non-hydrogen) atoms. The van der Waals surface area contributed by atoms with E-state index in [-0.39, 0.29) is 5.56 Å². The Morgan fingerprint density at radius 3 is 2.89 bits per heavy atom. The van der Waals surface area contributed by atoms with Gasteiger partial charge in [0.2, 0.25) is 0 Å². The zero-order valence-electron chi connectivity index (χ0n) is 9.76. The standard InChI is InChI=1S/C11H10N4O4/c12-14-13-6-2-1-3-8-4-5-10(15(18)19)9(7-8)11(16)17/h1,3-5,7H,2,6H2,(H,16,17). The van der Waals surface area contributed by atoms with Crippen LogP contribution in [-0.4, -0.2) is 22.5 Å². The minimum Gasteiger partial charge on any atom is -0.477 e. The van der Waals surface area contributed by atoms with Crippen molar-refractivity contribution in [1.82, 2.24) is 0 Å². The van der Waals surface area contributed by atoms with Crippen LogP contribution in [0.2, 0.25) is 0 Å². The minimum atomic E-state index is -1.35. The second-order valence-corrected chi connectivity index (χ2v) is 3.48. The highest BCUT2D eigenvalue weighted by Crippen LogP contribution is 2.20. The second-order valence-electron chi connectivity index (χ2n) is 3.48.